The summed E-state index contributed by atoms with van der Waals surface area (Å²) in [6.07, 6.45) is 0. The normalized spacial score (nSPS) is 12.2. The molecule has 0 amide bonds. The van der Waals surface area contributed by atoms with Crippen molar-refractivity contribution in [3.05, 3.63) is 62.0 Å². The minimum Gasteiger partial charge on any atom is -0.494 e. The molecule has 2 aromatic carbocycles. The molecule has 2 rings (SSSR count). The SMILES string of the molecule is CCOc1ccc(C(NC)c2ccc(Br)c(C)c2)c(Br)c1. The minimum atomic E-state index is 0.141. The third kappa shape index (κ3) is 3.87. The van der Waals surface area contributed by atoms with E-state index in [0.29, 0.717) is 6.61 Å². The van der Waals surface area contributed by atoms with Crippen molar-refractivity contribution in [2.75, 3.05) is 13.7 Å². The average Bonchev–Trinajstić information content (AvgIpc) is 2.46. The van der Waals surface area contributed by atoms with Gasteiger partial charge in [0.1, 0.15) is 5.75 Å². The minimum absolute atomic E-state index is 0.141. The third-order valence-electron chi connectivity index (χ3n) is 3.40. The molecule has 0 fully saturated rings. The molecule has 0 aliphatic rings. The first-order valence-electron chi connectivity index (χ1n) is 6.92. The van der Waals surface area contributed by atoms with Crippen molar-refractivity contribution in [3.8, 4) is 5.75 Å². The Morgan fingerprint density at radius 2 is 1.86 bits per heavy atom. The predicted molar refractivity (Wildman–Crippen MR) is 95.1 cm³/mol. The van der Waals surface area contributed by atoms with Crippen LogP contribution in [0.2, 0.25) is 0 Å². The number of hydrogen-bond acceptors (Lipinski definition) is 2. The number of ether oxygens (including phenoxy) is 1. The molecule has 0 bridgehead atoms. The van der Waals surface area contributed by atoms with Crippen molar-refractivity contribution < 1.29 is 4.74 Å². The van der Waals surface area contributed by atoms with Crippen LogP contribution in [0.4, 0.5) is 0 Å². The molecule has 0 aliphatic carbocycles. The quantitative estimate of drug-likeness (QED) is 0.725. The van der Waals surface area contributed by atoms with Gasteiger partial charge in [0.2, 0.25) is 0 Å². The largest absolute Gasteiger partial charge is 0.494 e. The monoisotopic (exact) mass is 411 g/mol. The van der Waals surface area contributed by atoms with Gasteiger partial charge in [0.05, 0.1) is 12.6 Å². The van der Waals surface area contributed by atoms with Crippen molar-refractivity contribution in [1.82, 2.24) is 5.32 Å². The highest BCUT2D eigenvalue weighted by molar-refractivity contribution is 9.10. The van der Waals surface area contributed by atoms with E-state index >= 15 is 0 Å². The van der Waals surface area contributed by atoms with Gasteiger partial charge in [-0.1, -0.05) is 50.1 Å². The number of nitrogens with one attached hydrogen (secondary N) is 1. The average molecular weight is 413 g/mol. The zero-order valence-electron chi connectivity index (χ0n) is 12.4. The Hall–Kier alpha value is -0.840. The first-order chi connectivity index (χ1) is 10.1. The van der Waals surface area contributed by atoms with E-state index in [-0.39, 0.29) is 6.04 Å². The Bertz CT molecular complexity index is 628. The lowest BCUT2D eigenvalue weighted by Gasteiger charge is -2.20. The molecule has 1 atom stereocenters. The van der Waals surface area contributed by atoms with Gasteiger partial charge >= 0.3 is 0 Å². The van der Waals surface area contributed by atoms with Crippen molar-refractivity contribution in [1.29, 1.82) is 0 Å². The molecule has 4 heteroatoms. The molecule has 1 N–H and O–H groups in total. The molecule has 2 aromatic rings. The molecule has 21 heavy (non-hydrogen) atoms. The standard InChI is InChI=1S/C17H19Br2NO/c1-4-21-13-6-7-14(16(19)10-13)17(20-3)12-5-8-15(18)11(2)9-12/h5-10,17,20H,4H2,1-3H3. The van der Waals surface area contributed by atoms with E-state index in [1.165, 1.54) is 16.7 Å². The summed E-state index contributed by atoms with van der Waals surface area (Å²) in [7, 11) is 1.98. The summed E-state index contributed by atoms with van der Waals surface area (Å²) in [6.45, 7) is 4.77. The van der Waals surface area contributed by atoms with Crippen LogP contribution in [0.1, 0.15) is 29.7 Å². The summed E-state index contributed by atoms with van der Waals surface area (Å²) < 4.78 is 7.72. The molecule has 2 nitrogen and oxygen atoms in total. The molecule has 0 radical (unpaired) electrons. The second kappa shape index (κ2) is 7.43. The number of aryl methyl sites for hydroxylation is 1. The van der Waals surface area contributed by atoms with Crippen LogP contribution in [-0.4, -0.2) is 13.7 Å². The Labute approximate surface area is 143 Å². The highest BCUT2D eigenvalue weighted by Gasteiger charge is 2.16. The van der Waals surface area contributed by atoms with Gasteiger partial charge in [-0.3, -0.25) is 0 Å². The predicted octanol–water partition coefficient (Wildman–Crippen LogP) is 5.23. The van der Waals surface area contributed by atoms with E-state index in [2.05, 4.69) is 68.4 Å². The van der Waals surface area contributed by atoms with Crippen LogP contribution < -0.4 is 10.1 Å². The first kappa shape index (κ1) is 16.5. The van der Waals surface area contributed by atoms with E-state index in [1.54, 1.807) is 0 Å². The molecular weight excluding hydrogens is 394 g/mol. The van der Waals surface area contributed by atoms with Crippen molar-refractivity contribution in [2.45, 2.75) is 19.9 Å². The number of benzene rings is 2. The summed E-state index contributed by atoms with van der Waals surface area (Å²) in [6, 6.07) is 12.7. The van der Waals surface area contributed by atoms with Crippen molar-refractivity contribution in [2.24, 2.45) is 0 Å². The van der Waals surface area contributed by atoms with E-state index in [1.807, 2.05) is 26.1 Å². The molecule has 0 aliphatic heterocycles. The van der Waals surface area contributed by atoms with Crippen LogP contribution in [0.25, 0.3) is 0 Å². The fourth-order valence-corrected chi connectivity index (χ4v) is 3.18. The van der Waals surface area contributed by atoms with Gasteiger partial charge < -0.3 is 10.1 Å². The van der Waals surface area contributed by atoms with Gasteiger partial charge in [0.15, 0.2) is 0 Å². The van der Waals surface area contributed by atoms with E-state index in [9.17, 15) is 0 Å². The maximum Gasteiger partial charge on any atom is 0.120 e. The summed E-state index contributed by atoms with van der Waals surface area (Å²) in [5.41, 5.74) is 3.67. The molecule has 112 valence electrons. The smallest absolute Gasteiger partial charge is 0.120 e. The van der Waals surface area contributed by atoms with Crippen LogP contribution in [0.3, 0.4) is 0 Å². The topological polar surface area (TPSA) is 21.3 Å². The van der Waals surface area contributed by atoms with Crippen LogP contribution >= 0.6 is 31.9 Å². The molecule has 0 saturated carbocycles. The molecule has 1 unspecified atom stereocenters. The van der Waals surface area contributed by atoms with Crippen molar-refractivity contribution in [3.63, 3.8) is 0 Å². The molecule has 0 saturated heterocycles. The Morgan fingerprint density at radius 3 is 2.43 bits per heavy atom. The first-order valence-corrected chi connectivity index (χ1v) is 8.51. The number of halogens is 2. The van der Waals surface area contributed by atoms with E-state index < -0.39 is 0 Å². The lowest BCUT2D eigenvalue weighted by molar-refractivity contribution is 0.340. The zero-order valence-corrected chi connectivity index (χ0v) is 15.6. The highest BCUT2D eigenvalue weighted by Crippen LogP contribution is 2.32. The van der Waals surface area contributed by atoms with Crippen molar-refractivity contribution >= 4 is 31.9 Å². The third-order valence-corrected chi connectivity index (χ3v) is 4.97. The Balaban J connectivity index is 2.38. The van der Waals surface area contributed by atoms with E-state index in [4.69, 9.17) is 4.74 Å². The fourth-order valence-electron chi connectivity index (χ4n) is 2.35. The van der Waals surface area contributed by atoms with Gasteiger partial charge in [-0.15, -0.1) is 0 Å². The Morgan fingerprint density at radius 1 is 1.10 bits per heavy atom. The summed E-state index contributed by atoms with van der Waals surface area (Å²) in [5, 5.41) is 3.39. The van der Waals surface area contributed by atoms with Gasteiger partial charge in [0, 0.05) is 8.95 Å². The van der Waals surface area contributed by atoms with Crippen LogP contribution in [0, 0.1) is 6.92 Å². The van der Waals surface area contributed by atoms with Gasteiger partial charge in [-0.25, -0.2) is 0 Å². The summed E-state index contributed by atoms with van der Waals surface area (Å²) >= 11 is 7.21. The Kier molecular flexibility index (Phi) is 5.85. The fraction of sp³-hybridized carbons (Fsp3) is 0.294. The second-order valence-corrected chi connectivity index (χ2v) is 6.56. The van der Waals surface area contributed by atoms with Gasteiger partial charge in [0.25, 0.3) is 0 Å². The summed E-state index contributed by atoms with van der Waals surface area (Å²) in [4.78, 5) is 0. The second-order valence-electron chi connectivity index (χ2n) is 4.85. The maximum absolute atomic E-state index is 5.54. The summed E-state index contributed by atoms with van der Waals surface area (Å²) in [5.74, 6) is 0.884. The molecule has 0 heterocycles. The maximum atomic E-state index is 5.54. The molecular formula is C17H19Br2NO. The van der Waals surface area contributed by atoms with Crippen LogP contribution in [0.15, 0.2) is 45.3 Å². The molecule has 0 aromatic heterocycles. The van der Waals surface area contributed by atoms with Gasteiger partial charge in [-0.05, 0) is 55.8 Å². The highest BCUT2D eigenvalue weighted by atomic mass is 79.9. The van der Waals surface area contributed by atoms with Crippen LogP contribution in [-0.2, 0) is 0 Å². The van der Waals surface area contributed by atoms with Crippen LogP contribution in [0.5, 0.6) is 5.75 Å². The lowest BCUT2D eigenvalue weighted by Crippen LogP contribution is -2.18. The number of hydrogen-bond donors (Lipinski definition) is 1. The van der Waals surface area contributed by atoms with E-state index in [0.717, 1.165) is 14.7 Å². The lowest BCUT2D eigenvalue weighted by atomic mass is 9.97. The zero-order chi connectivity index (χ0) is 15.4. The molecule has 0 spiro atoms. The number of rotatable bonds is 5. The van der Waals surface area contributed by atoms with Gasteiger partial charge in [-0.2, -0.15) is 0 Å².